The number of nitrogens with zero attached hydrogens (tertiary/aromatic N) is 2. The van der Waals surface area contributed by atoms with E-state index in [4.69, 9.17) is 0 Å². The molecular formula is C17H25N3OS. The van der Waals surface area contributed by atoms with Gasteiger partial charge in [0.2, 0.25) is 0 Å². The summed E-state index contributed by atoms with van der Waals surface area (Å²) in [6.07, 6.45) is 2.56. The normalized spacial score (nSPS) is 20.0. The van der Waals surface area contributed by atoms with Crippen molar-refractivity contribution in [1.82, 2.24) is 10.2 Å². The van der Waals surface area contributed by atoms with Crippen molar-refractivity contribution in [2.45, 2.75) is 25.8 Å². The number of nitrogens with one attached hydrogen (secondary N) is 1. The van der Waals surface area contributed by atoms with Crippen molar-refractivity contribution in [3.63, 3.8) is 0 Å². The average molecular weight is 319 g/mol. The number of urea groups is 1. The van der Waals surface area contributed by atoms with Crippen LogP contribution in [0.15, 0.2) is 24.3 Å². The molecule has 2 amide bonds. The van der Waals surface area contributed by atoms with Crippen LogP contribution in [-0.2, 0) is 0 Å². The lowest BCUT2D eigenvalue weighted by Crippen LogP contribution is -2.45. The minimum Gasteiger partial charge on any atom is -0.372 e. The van der Waals surface area contributed by atoms with Gasteiger partial charge in [0.05, 0.1) is 6.04 Å². The number of hydrogen-bond acceptors (Lipinski definition) is 3. The van der Waals surface area contributed by atoms with Crippen LogP contribution in [0.25, 0.3) is 0 Å². The number of anilines is 1. The molecule has 0 aliphatic carbocycles. The number of thioether (sulfide) groups is 1. The molecule has 2 aliphatic rings. The summed E-state index contributed by atoms with van der Waals surface area (Å²) in [6.45, 7) is 6.08. The van der Waals surface area contributed by atoms with E-state index in [1.807, 2.05) is 16.7 Å². The van der Waals surface area contributed by atoms with Crippen molar-refractivity contribution in [1.29, 1.82) is 0 Å². The number of benzene rings is 1. The zero-order chi connectivity index (χ0) is 15.4. The highest BCUT2D eigenvalue weighted by atomic mass is 32.2. The lowest BCUT2D eigenvalue weighted by molar-refractivity contribution is 0.199. The van der Waals surface area contributed by atoms with Gasteiger partial charge in [-0.2, -0.15) is 11.8 Å². The van der Waals surface area contributed by atoms with Gasteiger partial charge in [-0.05, 0) is 37.5 Å². The lowest BCUT2D eigenvalue weighted by Gasteiger charge is -2.28. The fourth-order valence-corrected chi connectivity index (χ4v) is 4.00. The maximum absolute atomic E-state index is 12.3. The number of rotatable bonds is 3. The van der Waals surface area contributed by atoms with Crippen LogP contribution in [0.3, 0.4) is 0 Å². The molecule has 2 heterocycles. The van der Waals surface area contributed by atoms with Gasteiger partial charge in [-0.25, -0.2) is 4.79 Å². The highest BCUT2D eigenvalue weighted by Gasteiger charge is 2.19. The smallest absolute Gasteiger partial charge is 0.317 e. The third-order valence-corrected chi connectivity index (χ3v) is 5.42. The van der Waals surface area contributed by atoms with Gasteiger partial charge >= 0.3 is 6.03 Å². The molecule has 0 aromatic heterocycles. The standard InChI is InChI=1S/C17H25N3OS/c1-14(18-17(21)20-9-11-22-12-10-20)15-5-4-6-16(13-15)19-7-2-3-8-19/h4-6,13-14H,2-3,7-12H2,1H3,(H,18,21). The van der Waals surface area contributed by atoms with Gasteiger partial charge < -0.3 is 15.1 Å². The minimum absolute atomic E-state index is 0.0460. The second-order valence-electron chi connectivity index (χ2n) is 6.06. The van der Waals surface area contributed by atoms with Crippen molar-refractivity contribution in [3.8, 4) is 0 Å². The monoisotopic (exact) mass is 319 g/mol. The topological polar surface area (TPSA) is 35.6 Å². The average Bonchev–Trinajstić information content (AvgIpc) is 3.10. The first-order valence-electron chi connectivity index (χ1n) is 8.22. The number of amides is 2. The largest absolute Gasteiger partial charge is 0.372 e. The number of hydrogen-bond donors (Lipinski definition) is 1. The molecule has 1 unspecified atom stereocenters. The van der Waals surface area contributed by atoms with Crippen molar-refractivity contribution < 1.29 is 4.79 Å². The van der Waals surface area contributed by atoms with Crippen LogP contribution in [0.5, 0.6) is 0 Å². The van der Waals surface area contributed by atoms with Crippen LogP contribution in [0.1, 0.15) is 31.4 Å². The molecule has 5 heteroatoms. The SMILES string of the molecule is CC(NC(=O)N1CCSCC1)c1cccc(N2CCCC2)c1. The van der Waals surface area contributed by atoms with Gasteiger partial charge in [0.1, 0.15) is 0 Å². The van der Waals surface area contributed by atoms with Crippen LogP contribution < -0.4 is 10.2 Å². The fourth-order valence-electron chi connectivity index (χ4n) is 3.09. The molecule has 120 valence electrons. The van der Waals surface area contributed by atoms with Gasteiger partial charge in [-0.3, -0.25) is 0 Å². The molecule has 1 atom stereocenters. The molecule has 2 aliphatic heterocycles. The molecule has 0 spiro atoms. The zero-order valence-corrected chi connectivity index (χ0v) is 14.1. The first-order valence-corrected chi connectivity index (χ1v) is 9.37. The molecule has 1 aromatic carbocycles. The quantitative estimate of drug-likeness (QED) is 0.930. The Kier molecular flexibility index (Phi) is 5.13. The van der Waals surface area contributed by atoms with E-state index in [1.54, 1.807) is 0 Å². The Morgan fingerprint density at radius 2 is 1.91 bits per heavy atom. The maximum atomic E-state index is 12.3. The minimum atomic E-state index is 0.0460. The van der Waals surface area contributed by atoms with Gasteiger partial charge in [-0.15, -0.1) is 0 Å². The highest BCUT2D eigenvalue weighted by molar-refractivity contribution is 7.99. The molecule has 4 nitrogen and oxygen atoms in total. The van der Waals surface area contributed by atoms with Crippen molar-refractivity contribution in [2.24, 2.45) is 0 Å². The van der Waals surface area contributed by atoms with Crippen molar-refractivity contribution in [2.75, 3.05) is 42.6 Å². The number of carbonyl (C=O) groups excluding carboxylic acids is 1. The van der Waals surface area contributed by atoms with E-state index in [0.717, 1.165) is 37.7 Å². The molecular weight excluding hydrogens is 294 g/mol. The second kappa shape index (κ2) is 7.27. The van der Waals surface area contributed by atoms with Crippen LogP contribution in [0.4, 0.5) is 10.5 Å². The Morgan fingerprint density at radius 3 is 2.64 bits per heavy atom. The van der Waals surface area contributed by atoms with Crippen molar-refractivity contribution in [3.05, 3.63) is 29.8 Å². The van der Waals surface area contributed by atoms with Crippen LogP contribution >= 0.6 is 11.8 Å². The molecule has 2 saturated heterocycles. The van der Waals surface area contributed by atoms with Crippen LogP contribution in [0.2, 0.25) is 0 Å². The lowest BCUT2D eigenvalue weighted by atomic mass is 10.1. The molecule has 1 N–H and O–H groups in total. The first-order chi connectivity index (χ1) is 10.7. The number of carbonyl (C=O) groups is 1. The van der Waals surface area contributed by atoms with Gasteiger partial charge in [-0.1, -0.05) is 12.1 Å². The fraction of sp³-hybridized carbons (Fsp3) is 0.588. The first kappa shape index (κ1) is 15.5. The predicted octanol–water partition coefficient (Wildman–Crippen LogP) is 3.11. The highest BCUT2D eigenvalue weighted by Crippen LogP contribution is 2.24. The Morgan fingerprint density at radius 1 is 1.18 bits per heavy atom. The third kappa shape index (κ3) is 3.69. The third-order valence-electron chi connectivity index (χ3n) is 4.48. The summed E-state index contributed by atoms with van der Waals surface area (Å²) in [6, 6.07) is 8.72. The van der Waals surface area contributed by atoms with E-state index in [0.29, 0.717) is 0 Å². The molecule has 2 fully saturated rings. The maximum Gasteiger partial charge on any atom is 0.317 e. The van der Waals surface area contributed by atoms with E-state index in [2.05, 4.69) is 41.4 Å². The Hall–Kier alpha value is -1.36. The van der Waals surface area contributed by atoms with Crippen LogP contribution in [0, 0.1) is 0 Å². The van der Waals surface area contributed by atoms with E-state index < -0.39 is 0 Å². The molecule has 3 rings (SSSR count). The van der Waals surface area contributed by atoms with E-state index in [9.17, 15) is 4.79 Å². The molecule has 22 heavy (non-hydrogen) atoms. The summed E-state index contributed by atoms with van der Waals surface area (Å²) in [5, 5.41) is 3.14. The van der Waals surface area contributed by atoms with Gasteiger partial charge in [0.15, 0.2) is 0 Å². The molecule has 0 radical (unpaired) electrons. The van der Waals surface area contributed by atoms with E-state index >= 15 is 0 Å². The van der Waals surface area contributed by atoms with Gasteiger partial charge in [0.25, 0.3) is 0 Å². The Labute approximate surface area is 137 Å². The molecule has 1 aromatic rings. The Bertz CT molecular complexity index is 510. The molecule has 0 bridgehead atoms. The molecule has 0 saturated carbocycles. The summed E-state index contributed by atoms with van der Waals surface area (Å²) in [5.41, 5.74) is 2.47. The summed E-state index contributed by atoms with van der Waals surface area (Å²) < 4.78 is 0. The predicted molar refractivity (Wildman–Crippen MR) is 93.7 cm³/mol. The van der Waals surface area contributed by atoms with E-state index in [-0.39, 0.29) is 12.1 Å². The summed E-state index contributed by atoms with van der Waals surface area (Å²) in [4.78, 5) is 16.7. The van der Waals surface area contributed by atoms with E-state index in [1.165, 1.54) is 24.1 Å². The summed E-state index contributed by atoms with van der Waals surface area (Å²) in [5.74, 6) is 2.10. The summed E-state index contributed by atoms with van der Waals surface area (Å²) in [7, 11) is 0. The second-order valence-corrected chi connectivity index (χ2v) is 7.28. The Balaban J connectivity index is 1.62. The zero-order valence-electron chi connectivity index (χ0n) is 13.3. The van der Waals surface area contributed by atoms with Crippen molar-refractivity contribution >= 4 is 23.5 Å². The van der Waals surface area contributed by atoms with Crippen LogP contribution in [-0.4, -0.2) is 48.6 Å². The summed E-state index contributed by atoms with van der Waals surface area (Å²) >= 11 is 1.92. The van der Waals surface area contributed by atoms with Gasteiger partial charge in [0, 0.05) is 43.4 Å².